The van der Waals surface area contributed by atoms with Crippen LogP contribution in [-0.2, 0) is 27.4 Å². The van der Waals surface area contributed by atoms with Gasteiger partial charge in [-0.25, -0.2) is 14.2 Å². The van der Waals surface area contributed by atoms with Crippen LogP contribution in [0.3, 0.4) is 0 Å². The number of fused-ring (bicyclic) bond motifs is 1. The molecule has 2 aromatic heterocycles. The van der Waals surface area contributed by atoms with Gasteiger partial charge in [-0.05, 0) is 49.7 Å². The van der Waals surface area contributed by atoms with Gasteiger partial charge < -0.3 is 28.6 Å². The summed E-state index contributed by atoms with van der Waals surface area (Å²) in [4.78, 5) is 38.9. The zero-order chi connectivity index (χ0) is 30.8. The van der Waals surface area contributed by atoms with E-state index in [9.17, 15) is 14.0 Å². The van der Waals surface area contributed by atoms with E-state index in [1.165, 1.54) is 25.3 Å². The molecule has 2 saturated heterocycles. The Labute approximate surface area is 253 Å². The molecule has 0 aliphatic carbocycles. The number of aromatic nitrogens is 3. The highest BCUT2D eigenvalue weighted by Gasteiger charge is 2.33. The molecule has 2 atom stereocenters. The Bertz CT molecular complexity index is 1760. The van der Waals surface area contributed by atoms with Gasteiger partial charge in [0.1, 0.15) is 24.1 Å². The highest BCUT2D eigenvalue weighted by atomic mass is 19.1. The van der Waals surface area contributed by atoms with Gasteiger partial charge in [-0.3, -0.25) is 4.79 Å². The van der Waals surface area contributed by atoms with E-state index >= 15 is 0 Å². The second-order valence-corrected chi connectivity index (χ2v) is 10.8. The van der Waals surface area contributed by atoms with E-state index in [0.717, 1.165) is 23.3 Å². The number of amides is 1. The van der Waals surface area contributed by atoms with Gasteiger partial charge in [-0.2, -0.15) is 10.2 Å². The Kier molecular flexibility index (Phi) is 8.13. The predicted molar refractivity (Wildman–Crippen MR) is 157 cm³/mol. The third kappa shape index (κ3) is 5.78. The van der Waals surface area contributed by atoms with Gasteiger partial charge in [0.25, 0.3) is 0 Å². The lowest BCUT2D eigenvalue weighted by Gasteiger charge is -2.38. The molecule has 0 saturated carbocycles. The molecule has 44 heavy (non-hydrogen) atoms. The van der Waals surface area contributed by atoms with Crippen LogP contribution in [-0.4, -0.2) is 70.8 Å². The van der Waals surface area contributed by atoms with Gasteiger partial charge in [-0.15, -0.1) is 0 Å². The van der Waals surface area contributed by atoms with Gasteiger partial charge in [0.2, 0.25) is 11.8 Å². The number of nitriles is 1. The molecule has 0 bridgehead atoms. The number of esters is 1. The van der Waals surface area contributed by atoms with Gasteiger partial charge in [0.15, 0.2) is 0 Å². The monoisotopic (exact) mass is 598 g/mol. The molecular weight excluding hydrogens is 567 g/mol. The molecule has 6 rings (SSSR count). The first-order valence-electron chi connectivity index (χ1n) is 14.4. The quantitative estimate of drug-likeness (QED) is 0.263. The minimum Gasteiger partial charge on any atom is -0.473 e. The first kappa shape index (κ1) is 29.1. The van der Waals surface area contributed by atoms with Crippen LogP contribution in [0.1, 0.15) is 46.7 Å². The predicted octanol–water partition coefficient (Wildman–Crippen LogP) is 4.01. The number of imidazole rings is 1. The van der Waals surface area contributed by atoms with Gasteiger partial charge in [0.05, 0.1) is 60.6 Å². The van der Waals surface area contributed by atoms with Crippen LogP contribution in [0, 0.1) is 17.1 Å². The molecule has 2 aliphatic rings. The molecule has 11 nitrogen and oxygen atoms in total. The maximum atomic E-state index is 14.3. The van der Waals surface area contributed by atoms with Crippen molar-refractivity contribution in [2.75, 3.05) is 38.3 Å². The third-order valence-corrected chi connectivity index (χ3v) is 8.07. The number of piperazine rings is 1. The molecule has 0 spiro atoms. The van der Waals surface area contributed by atoms with Crippen LogP contribution in [0.5, 0.6) is 5.88 Å². The summed E-state index contributed by atoms with van der Waals surface area (Å²) >= 11 is 0. The van der Waals surface area contributed by atoms with Crippen molar-refractivity contribution in [3.05, 3.63) is 82.9 Å². The van der Waals surface area contributed by atoms with Gasteiger partial charge in [0, 0.05) is 31.3 Å². The average molecular weight is 599 g/mol. The number of nitrogens with zero attached hydrogens (tertiary/aromatic N) is 6. The first-order chi connectivity index (χ1) is 21.3. The number of hydrogen-bond donors (Lipinski definition) is 0. The van der Waals surface area contributed by atoms with Crippen molar-refractivity contribution in [1.82, 2.24) is 19.4 Å². The summed E-state index contributed by atoms with van der Waals surface area (Å²) in [6, 6.07) is 16.3. The summed E-state index contributed by atoms with van der Waals surface area (Å²) in [5.41, 5.74) is 2.50. The lowest BCUT2D eigenvalue weighted by Crippen LogP contribution is -2.51. The Morgan fingerprint density at radius 3 is 2.73 bits per heavy atom. The smallest absolute Gasteiger partial charge is 0.337 e. The van der Waals surface area contributed by atoms with E-state index in [2.05, 4.69) is 9.55 Å². The van der Waals surface area contributed by atoms with Crippen LogP contribution in [0.15, 0.2) is 54.6 Å². The number of carbonyl (C=O) groups is 2. The van der Waals surface area contributed by atoms with Crippen molar-refractivity contribution < 1.29 is 28.2 Å². The number of anilines is 1. The Morgan fingerprint density at radius 1 is 1.18 bits per heavy atom. The summed E-state index contributed by atoms with van der Waals surface area (Å²) < 4.78 is 32.7. The van der Waals surface area contributed by atoms with E-state index < -0.39 is 11.8 Å². The molecule has 2 fully saturated rings. The molecule has 4 aromatic rings. The van der Waals surface area contributed by atoms with Crippen LogP contribution >= 0.6 is 0 Å². The Balaban J connectivity index is 1.17. The van der Waals surface area contributed by atoms with Crippen LogP contribution in [0.4, 0.5) is 10.2 Å². The van der Waals surface area contributed by atoms with E-state index in [0.29, 0.717) is 49.1 Å². The van der Waals surface area contributed by atoms with E-state index in [1.54, 1.807) is 36.4 Å². The number of carbonyl (C=O) groups excluding carboxylic acids is 2. The fourth-order valence-electron chi connectivity index (χ4n) is 5.51. The lowest BCUT2D eigenvalue weighted by molar-refractivity contribution is -0.133. The summed E-state index contributed by atoms with van der Waals surface area (Å²) in [5, 5.41) is 8.94. The van der Waals surface area contributed by atoms with Crippen molar-refractivity contribution in [2.24, 2.45) is 0 Å². The fourth-order valence-corrected chi connectivity index (χ4v) is 5.51. The summed E-state index contributed by atoms with van der Waals surface area (Å²) in [6.45, 7) is 4.29. The normalized spacial score (nSPS) is 17.2. The van der Waals surface area contributed by atoms with Crippen LogP contribution in [0.2, 0.25) is 0 Å². The number of halogens is 1. The molecule has 1 unspecified atom stereocenters. The van der Waals surface area contributed by atoms with E-state index in [4.69, 9.17) is 24.5 Å². The molecule has 1 amide bonds. The minimum absolute atomic E-state index is 0.0432. The molecule has 226 valence electrons. The SMILES string of the molecule is COC(=O)c1ccc2nc([C@H](C)N3CCN(c4cccc(OCc5ccc(C#N)cc5F)n4)CC3=O)n(CC3CCO3)c2c1. The molecule has 2 aromatic carbocycles. The van der Waals surface area contributed by atoms with Crippen LogP contribution < -0.4 is 9.64 Å². The zero-order valence-corrected chi connectivity index (χ0v) is 24.4. The van der Waals surface area contributed by atoms with Crippen molar-refractivity contribution in [2.45, 2.75) is 38.6 Å². The van der Waals surface area contributed by atoms with Crippen molar-refractivity contribution in [3.63, 3.8) is 0 Å². The zero-order valence-electron chi connectivity index (χ0n) is 24.4. The topological polar surface area (TPSA) is 123 Å². The van der Waals surface area contributed by atoms with E-state index in [-0.39, 0.29) is 36.8 Å². The van der Waals surface area contributed by atoms with Crippen molar-refractivity contribution in [1.29, 1.82) is 5.26 Å². The van der Waals surface area contributed by atoms with Crippen molar-refractivity contribution in [3.8, 4) is 11.9 Å². The molecule has 4 heterocycles. The Hall–Kier alpha value is -5.02. The third-order valence-electron chi connectivity index (χ3n) is 8.07. The number of ether oxygens (including phenoxy) is 3. The lowest BCUT2D eigenvalue weighted by atomic mass is 10.1. The summed E-state index contributed by atoms with van der Waals surface area (Å²) in [5.74, 6) is 0.577. The van der Waals surface area contributed by atoms with Gasteiger partial charge >= 0.3 is 5.97 Å². The second-order valence-electron chi connectivity index (χ2n) is 10.8. The highest BCUT2D eigenvalue weighted by Crippen LogP contribution is 2.30. The summed E-state index contributed by atoms with van der Waals surface area (Å²) in [7, 11) is 1.35. The standard InChI is InChI=1S/C32H31FN6O5/c1-20(31-35-26-9-8-22(32(41)42-2)15-27(26)39(31)17-24-10-13-43-24)38-12-11-37(18-30(38)40)28-4-3-5-29(36-28)44-19-23-7-6-21(16-34)14-25(23)33/h3-9,14-15,20,24H,10-13,17-19H2,1-2H3/t20-,24?/m0/s1. The van der Waals surface area contributed by atoms with Crippen molar-refractivity contribution >= 4 is 28.7 Å². The number of hydrogen-bond acceptors (Lipinski definition) is 9. The number of benzene rings is 2. The molecular formula is C32H31FN6O5. The number of pyridine rings is 1. The van der Waals surface area contributed by atoms with Crippen LogP contribution in [0.25, 0.3) is 11.0 Å². The summed E-state index contributed by atoms with van der Waals surface area (Å²) in [6.07, 6.45) is 0.974. The largest absolute Gasteiger partial charge is 0.473 e. The molecule has 12 heteroatoms. The second kappa shape index (κ2) is 12.3. The maximum Gasteiger partial charge on any atom is 0.337 e. The maximum absolute atomic E-state index is 14.3. The first-order valence-corrected chi connectivity index (χ1v) is 14.4. The minimum atomic E-state index is -0.520. The highest BCUT2D eigenvalue weighted by molar-refractivity contribution is 5.93. The number of rotatable bonds is 9. The van der Waals surface area contributed by atoms with E-state index in [1.807, 2.05) is 22.8 Å². The molecule has 0 radical (unpaired) electrons. The number of methoxy groups -OCH3 is 1. The van der Waals surface area contributed by atoms with Gasteiger partial charge in [-0.1, -0.05) is 12.1 Å². The Morgan fingerprint density at radius 2 is 2.02 bits per heavy atom. The average Bonchev–Trinajstić information content (AvgIpc) is 3.39. The molecule has 2 aliphatic heterocycles. The fraction of sp³-hybridized carbons (Fsp3) is 0.344. The molecule has 0 N–H and O–H groups in total.